The molecule has 7 rings (SSSR count). The lowest BCUT2D eigenvalue weighted by Gasteiger charge is -2.50. The van der Waals surface area contributed by atoms with Gasteiger partial charge in [-0.25, -0.2) is 0 Å². The van der Waals surface area contributed by atoms with Gasteiger partial charge in [0, 0.05) is 23.0 Å². The molecular formula is C37H35Cl2N3O7. The smallest absolute Gasteiger partial charge is 0.260 e. The summed E-state index contributed by atoms with van der Waals surface area (Å²) in [4.78, 5) is 59.1. The first-order chi connectivity index (χ1) is 23.6. The number of benzene rings is 3. The fraction of sp³-hybridized carbons (Fsp3) is 0.351. The Kier molecular flexibility index (Phi) is 8.35. The minimum atomic E-state index is -1.62. The molecule has 2 aliphatic carbocycles. The molecule has 10 nitrogen and oxygen atoms in total. The molecule has 3 aromatic rings. The highest BCUT2D eigenvalue weighted by Crippen LogP contribution is 2.66. The van der Waals surface area contributed by atoms with Crippen molar-refractivity contribution in [3.05, 3.63) is 93.5 Å². The summed E-state index contributed by atoms with van der Waals surface area (Å²) >= 11 is 12.7. The largest absolute Gasteiger partial charge is 0.508 e. The second-order valence-corrected chi connectivity index (χ2v) is 13.8. The Labute approximate surface area is 293 Å². The predicted molar refractivity (Wildman–Crippen MR) is 182 cm³/mol. The molecule has 0 aromatic heterocycles. The van der Waals surface area contributed by atoms with Gasteiger partial charge in [-0.05, 0) is 73.2 Å². The van der Waals surface area contributed by atoms with Crippen molar-refractivity contribution in [1.29, 1.82) is 0 Å². The molecule has 4 amide bonds. The maximum Gasteiger partial charge on any atom is 0.260 e. The average Bonchev–Trinajstić information content (AvgIpc) is 3.46. The van der Waals surface area contributed by atoms with Crippen molar-refractivity contribution < 1.29 is 33.8 Å². The molecule has 0 bridgehead atoms. The summed E-state index contributed by atoms with van der Waals surface area (Å²) in [7, 11) is 3.01. The van der Waals surface area contributed by atoms with Crippen LogP contribution in [0, 0.1) is 23.7 Å². The number of halogens is 2. The third-order valence-corrected chi connectivity index (χ3v) is 11.2. The van der Waals surface area contributed by atoms with Crippen molar-refractivity contribution in [2.24, 2.45) is 23.7 Å². The number of nitrogens with one attached hydrogen (secondary N) is 1. The van der Waals surface area contributed by atoms with E-state index >= 15 is 4.79 Å². The lowest BCUT2D eigenvalue weighted by atomic mass is 9.49. The Hall–Kier alpha value is -4.54. The van der Waals surface area contributed by atoms with Gasteiger partial charge in [0.1, 0.15) is 17.2 Å². The molecular weight excluding hydrogens is 669 g/mol. The quantitative estimate of drug-likeness (QED) is 0.213. The highest BCUT2D eigenvalue weighted by Gasteiger charge is 2.71. The molecule has 6 unspecified atom stereocenters. The molecule has 2 heterocycles. The van der Waals surface area contributed by atoms with Crippen LogP contribution in [-0.2, 0) is 24.6 Å². The molecule has 0 radical (unpaired) electrons. The van der Waals surface area contributed by atoms with Crippen LogP contribution in [-0.4, -0.2) is 59.4 Å². The summed E-state index contributed by atoms with van der Waals surface area (Å²) in [5, 5.41) is 13.2. The van der Waals surface area contributed by atoms with E-state index in [0.29, 0.717) is 46.2 Å². The van der Waals surface area contributed by atoms with E-state index in [1.54, 1.807) is 48.5 Å². The summed E-state index contributed by atoms with van der Waals surface area (Å²) in [5.41, 5.74) is 3.18. The van der Waals surface area contributed by atoms with Gasteiger partial charge in [-0.15, -0.1) is 0 Å². The number of allylic oxidation sites excluding steroid dienone is 2. The molecule has 2 saturated heterocycles. The molecule has 3 fully saturated rings. The van der Waals surface area contributed by atoms with Gasteiger partial charge in [0.15, 0.2) is 0 Å². The van der Waals surface area contributed by atoms with E-state index in [9.17, 15) is 19.5 Å². The highest BCUT2D eigenvalue weighted by atomic mass is 35.5. The van der Waals surface area contributed by atoms with Gasteiger partial charge in [0.2, 0.25) is 11.8 Å². The van der Waals surface area contributed by atoms with Crippen molar-refractivity contribution in [3.63, 3.8) is 0 Å². The van der Waals surface area contributed by atoms with Crippen molar-refractivity contribution in [1.82, 2.24) is 9.91 Å². The molecule has 254 valence electrons. The lowest BCUT2D eigenvalue weighted by molar-refractivity contribution is -0.141. The number of phenols is 1. The van der Waals surface area contributed by atoms with Gasteiger partial charge < -0.3 is 14.6 Å². The van der Waals surface area contributed by atoms with Crippen LogP contribution in [0.25, 0.3) is 0 Å². The van der Waals surface area contributed by atoms with Gasteiger partial charge in [0.25, 0.3) is 11.8 Å². The van der Waals surface area contributed by atoms with Crippen molar-refractivity contribution in [2.75, 3.05) is 26.2 Å². The monoisotopic (exact) mass is 703 g/mol. The van der Waals surface area contributed by atoms with Crippen LogP contribution in [0.5, 0.6) is 17.2 Å². The second-order valence-electron chi connectivity index (χ2n) is 12.9. The van der Waals surface area contributed by atoms with Crippen LogP contribution in [0.15, 0.2) is 72.3 Å². The number of nitrogens with zero attached hydrogens (tertiary/aromatic N) is 2. The highest BCUT2D eigenvalue weighted by molar-refractivity contribution is 6.36. The zero-order valence-electron chi connectivity index (χ0n) is 27.1. The second kappa shape index (κ2) is 12.4. The number of fused-ring (bicyclic) bond motifs is 4. The molecule has 4 aliphatic rings. The average molecular weight is 705 g/mol. The molecule has 6 atom stereocenters. The zero-order chi connectivity index (χ0) is 34.8. The normalized spacial score (nSPS) is 27.4. The Morgan fingerprint density at radius 1 is 0.939 bits per heavy atom. The van der Waals surface area contributed by atoms with E-state index in [1.165, 1.54) is 31.3 Å². The number of carbonyl (C=O) groups is 4. The van der Waals surface area contributed by atoms with Crippen LogP contribution in [0.1, 0.15) is 43.2 Å². The first-order valence-corrected chi connectivity index (χ1v) is 17.0. The first kappa shape index (κ1) is 33.0. The molecule has 2 N–H and O–H groups in total. The number of hydrazine groups is 1. The number of aromatic hydroxyl groups is 1. The number of amides is 4. The molecule has 3 aromatic carbocycles. The van der Waals surface area contributed by atoms with Crippen molar-refractivity contribution in [2.45, 2.75) is 37.5 Å². The maximum absolute atomic E-state index is 15.3. The van der Waals surface area contributed by atoms with Gasteiger partial charge in [-0.3, -0.25) is 29.5 Å². The topological polar surface area (TPSA) is 125 Å². The Morgan fingerprint density at radius 2 is 1.69 bits per heavy atom. The Morgan fingerprint density at radius 3 is 2.37 bits per heavy atom. The zero-order valence-corrected chi connectivity index (χ0v) is 28.6. The van der Waals surface area contributed by atoms with Gasteiger partial charge in [0.05, 0.1) is 48.1 Å². The number of carbonyl (C=O) groups excluding carboxylic acids is 4. The first-order valence-electron chi connectivity index (χ1n) is 16.2. The summed E-state index contributed by atoms with van der Waals surface area (Å²) < 4.78 is 11.3. The molecule has 2 aliphatic heterocycles. The number of imide groups is 2. The molecule has 12 heteroatoms. The third-order valence-electron chi connectivity index (χ3n) is 10.7. The standard InChI is InChI=1S/C37H35Cl2N3O7/c1-4-16-41-33(44)23-14-13-22-24(30(23)35(41)46)18-25-34(45)42(40-27-15-10-20(38)17-26(27)39)36(47)37(25,19-8-11-21(48-2)12-9-19)32(22)31-28(43)6-5-7-29(31)49-3/h5-13,15,17,23-25,30,32,40,43H,4,14,16,18H2,1-3H3. The molecule has 1 saturated carbocycles. The fourth-order valence-corrected chi connectivity index (χ4v) is 9.12. The summed E-state index contributed by atoms with van der Waals surface area (Å²) in [6.07, 6.45) is 2.95. The van der Waals surface area contributed by atoms with E-state index in [-0.39, 0.29) is 41.1 Å². The summed E-state index contributed by atoms with van der Waals surface area (Å²) in [5.74, 6) is -4.72. The molecule has 0 spiro atoms. The summed E-state index contributed by atoms with van der Waals surface area (Å²) in [6, 6.07) is 16.5. The van der Waals surface area contributed by atoms with Gasteiger partial charge in [-0.1, -0.05) is 60.0 Å². The number of anilines is 1. The third kappa shape index (κ3) is 4.82. The predicted octanol–water partition coefficient (Wildman–Crippen LogP) is 6.11. The Balaban J connectivity index is 1.49. The number of phenolic OH excluding ortho intramolecular Hbond substituents is 1. The SMILES string of the molecule is CCCN1C(=O)C2CC=C3C(CC4C(=O)N(Nc5ccc(Cl)cc5Cl)C(=O)C4(c4ccc(OC)cc4)C3c3c(O)cccc3OC)C2C1=O. The van der Waals surface area contributed by atoms with Crippen LogP contribution in [0.2, 0.25) is 10.0 Å². The number of ether oxygens (including phenoxy) is 2. The number of rotatable bonds is 8. The van der Waals surface area contributed by atoms with E-state index < -0.39 is 46.8 Å². The van der Waals surface area contributed by atoms with Crippen LogP contribution in [0.4, 0.5) is 5.69 Å². The van der Waals surface area contributed by atoms with Crippen molar-refractivity contribution >= 4 is 52.5 Å². The number of methoxy groups -OCH3 is 2. The molecule has 49 heavy (non-hydrogen) atoms. The van der Waals surface area contributed by atoms with Crippen LogP contribution in [0.3, 0.4) is 0 Å². The Bertz CT molecular complexity index is 1910. The minimum absolute atomic E-state index is 0.113. The van der Waals surface area contributed by atoms with Crippen LogP contribution >= 0.6 is 23.2 Å². The van der Waals surface area contributed by atoms with Crippen molar-refractivity contribution in [3.8, 4) is 17.2 Å². The van der Waals surface area contributed by atoms with E-state index in [2.05, 4.69) is 5.43 Å². The van der Waals surface area contributed by atoms with Crippen LogP contribution < -0.4 is 14.9 Å². The van der Waals surface area contributed by atoms with Gasteiger partial charge in [-0.2, -0.15) is 5.01 Å². The number of hydrogen-bond acceptors (Lipinski definition) is 8. The van der Waals surface area contributed by atoms with E-state index in [4.69, 9.17) is 32.7 Å². The summed E-state index contributed by atoms with van der Waals surface area (Å²) in [6.45, 7) is 2.22. The lowest BCUT2D eigenvalue weighted by Crippen LogP contribution is -2.53. The fourth-order valence-electron chi connectivity index (χ4n) is 8.67. The minimum Gasteiger partial charge on any atom is -0.508 e. The van der Waals surface area contributed by atoms with E-state index in [0.717, 1.165) is 5.01 Å². The maximum atomic E-state index is 15.3. The van der Waals surface area contributed by atoms with Gasteiger partial charge >= 0.3 is 0 Å². The number of hydrogen-bond donors (Lipinski definition) is 2. The van der Waals surface area contributed by atoms with E-state index in [1.807, 2.05) is 13.0 Å². The number of likely N-dealkylation sites (tertiary alicyclic amines) is 1.